The van der Waals surface area contributed by atoms with Crippen LogP contribution in [-0.2, 0) is 35.3 Å². The standard InChI is InChI=1S/C23H29N11O9S3/c1-23(2,3)43-22(41)25-5-4-6-33-21(28-31-32-33)45-9-10-8-44-18-13(17(38)34(18)14(10)19(39)40)26-16(37)12(29-42-7-11(35)36)15-27-20(24)46-30-15/h13,18H,4-9H2,1-3H3,(H,25,41)(H,26,37)(H,35,36)(H,39,40)(H2,24,27,30)/t13?,18-/m0/s1. The highest BCUT2D eigenvalue weighted by atomic mass is 32.2. The molecule has 3 amide bonds. The van der Waals surface area contributed by atoms with E-state index in [1.807, 2.05) is 0 Å². The summed E-state index contributed by atoms with van der Waals surface area (Å²) in [5.74, 6) is -4.14. The Morgan fingerprint density at radius 2 is 2.00 bits per heavy atom. The number of nitrogens with two attached hydrogens (primary N) is 1. The number of thioether (sulfide) groups is 2. The van der Waals surface area contributed by atoms with Crippen molar-refractivity contribution >= 4 is 75.7 Å². The van der Waals surface area contributed by atoms with E-state index in [9.17, 15) is 29.1 Å². The molecule has 46 heavy (non-hydrogen) atoms. The van der Waals surface area contributed by atoms with Crippen LogP contribution >= 0.6 is 35.1 Å². The zero-order valence-electron chi connectivity index (χ0n) is 24.5. The Hall–Kier alpha value is -4.51. The average molecular weight is 700 g/mol. The van der Waals surface area contributed by atoms with Crippen molar-refractivity contribution in [2.24, 2.45) is 5.16 Å². The van der Waals surface area contributed by atoms with Gasteiger partial charge >= 0.3 is 18.0 Å². The first kappa shape index (κ1) is 34.4. The van der Waals surface area contributed by atoms with Crippen molar-refractivity contribution in [2.45, 2.75) is 55.9 Å². The lowest BCUT2D eigenvalue weighted by molar-refractivity contribution is -0.150. The fourth-order valence-corrected chi connectivity index (χ4v) is 6.82. The molecule has 1 fully saturated rings. The van der Waals surface area contributed by atoms with Gasteiger partial charge in [0.2, 0.25) is 23.3 Å². The van der Waals surface area contributed by atoms with Crippen LogP contribution in [0.1, 0.15) is 33.0 Å². The molecule has 2 aromatic rings. The number of β-lactam (4-membered cyclic amide) rings is 1. The fraction of sp³-hybridized carbons (Fsp3) is 0.522. The first-order valence-electron chi connectivity index (χ1n) is 13.3. The number of anilines is 1. The van der Waals surface area contributed by atoms with E-state index < -0.39 is 59.2 Å². The summed E-state index contributed by atoms with van der Waals surface area (Å²) in [6.45, 7) is 5.12. The zero-order chi connectivity index (χ0) is 33.6. The van der Waals surface area contributed by atoms with Crippen LogP contribution in [0.4, 0.5) is 9.93 Å². The second kappa shape index (κ2) is 14.7. The molecule has 0 aromatic carbocycles. The minimum Gasteiger partial charge on any atom is -0.479 e. The number of amides is 3. The van der Waals surface area contributed by atoms with Gasteiger partial charge in [0.05, 0.1) is 0 Å². The van der Waals surface area contributed by atoms with E-state index in [1.165, 1.54) is 28.2 Å². The number of rotatable bonds is 14. The van der Waals surface area contributed by atoms with Crippen molar-refractivity contribution < 1.29 is 43.8 Å². The van der Waals surface area contributed by atoms with Crippen LogP contribution < -0.4 is 16.4 Å². The summed E-state index contributed by atoms with van der Waals surface area (Å²) in [5.41, 5.74) is 4.70. The van der Waals surface area contributed by atoms with Gasteiger partial charge in [0.1, 0.15) is 22.7 Å². The van der Waals surface area contributed by atoms with Gasteiger partial charge in [-0.1, -0.05) is 16.9 Å². The number of aliphatic carboxylic acids is 2. The Morgan fingerprint density at radius 3 is 2.65 bits per heavy atom. The van der Waals surface area contributed by atoms with Gasteiger partial charge in [0, 0.05) is 36.1 Å². The third-order valence-electron chi connectivity index (χ3n) is 5.84. The monoisotopic (exact) mass is 699 g/mol. The van der Waals surface area contributed by atoms with E-state index in [1.54, 1.807) is 20.8 Å². The van der Waals surface area contributed by atoms with E-state index in [4.69, 9.17) is 15.6 Å². The van der Waals surface area contributed by atoms with E-state index in [-0.39, 0.29) is 28.2 Å². The summed E-state index contributed by atoms with van der Waals surface area (Å²) in [5, 5.41) is 38.8. The van der Waals surface area contributed by atoms with Gasteiger partial charge < -0.3 is 36.2 Å². The Balaban J connectivity index is 1.37. The minimum absolute atomic E-state index is 0.00772. The van der Waals surface area contributed by atoms with Crippen LogP contribution in [0.5, 0.6) is 0 Å². The van der Waals surface area contributed by atoms with Crippen molar-refractivity contribution in [3.8, 4) is 0 Å². The van der Waals surface area contributed by atoms with Gasteiger partial charge in [-0.2, -0.15) is 9.36 Å². The number of carbonyl (C=O) groups excluding carboxylic acids is 3. The number of hydrogen-bond donors (Lipinski definition) is 5. The van der Waals surface area contributed by atoms with Gasteiger partial charge in [-0.05, 0) is 43.2 Å². The van der Waals surface area contributed by atoms with Gasteiger partial charge in [-0.3, -0.25) is 14.5 Å². The lowest BCUT2D eigenvalue weighted by Crippen LogP contribution is -2.71. The molecule has 23 heteroatoms. The summed E-state index contributed by atoms with van der Waals surface area (Å²) in [6, 6.07) is -1.12. The Labute approximate surface area is 272 Å². The van der Waals surface area contributed by atoms with Crippen molar-refractivity contribution in [3.63, 3.8) is 0 Å². The van der Waals surface area contributed by atoms with Gasteiger partial charge in [-0.15, -0.1) is 16.9 Å². The van der Waals surface area contributed by atoms with Gasteiger partial charge in [0.25, 0.3) is 11.8 Å². The number of carboxylic acid groups (broad SMARTS) is 2. The number of carboxylic acids is 2. The first-order chi connectivity index (χ1) is 21.7. The maximum absolute atomic E-state index is 13.1. The fourth-order valence-electron chi connectivity index (χ4n) is 4.00. The molecule has 0 radical (unpaired) electrons. The second-order valence-corrected chi connectivity index (χ2v) is 13.3. The molecule has 0 bridgehead atoms. The third kappa shape index (κ3) is 8.60. The SMILES string of the molecule is CC(C)(C)OC(=O)NCCCn1nnnc1SCC1=C(C(=O)O)N2C(=O)C(NC(=O)C(=NOCC(=O)O)c3nsc(N)n3)[C@@H]2SC1. The zero-order valence-corrected chi connectivity index (χ0v) is 27.0. The van der Waals surface area contributed by atoms with Crippen molar-refractivity contribution in [2.75, 3.05) is 30.4 Å². The quantitative estimate of drug-likeness (QED) is 0.0539. The number of alkyl carbamates (subject to hydrolysis) is 1. The summed E-state index contributed by atoms with van der Waals surface area (Å²) in [4.78, 5) is 70.7. The largest absolute Gasteiger partial charge is 0.479 e. The molecule has 1 unspecified atom stereocenters. The van der Waals surface area contributed by atoms with E-state index in [2.05, 4.69) is 45.5 Å². The molecule has 2 atom stereocenters. The summed E-state index contributed by atoms with van der Waals surface area (Å²) in [7, 11) is 0. The number of hydrogen-bond acceptors (Lipinski definition) is 17. The lowest BCUT2D eigenvalue weighted by atomic mass is 10.0. The lowest BCUT2D eigenvalue weighted by Gasteiger charge is -2.49. The summed E-state index contributed by atoms with van der Waals surface area (Å²) >= 11 is 3.19. The first-order valence-corrected chi connectivity index (χ1v) is 16.1. The van der Waals surface area contributed by atoms with Crippen LogP contribution in [0.25, 0.3) is 0 Å². The van der Waals surface area contributed by atoms with Crippen molar-refractivity contribution in [1.29, 1.82) is 0 Å². The molecule has 1 saturated heterocycles. The molecule has 2 aromatic heterocycles. The van der Waals surface area contributed by atoms with E-state index in [0.29, 0.717) is 30.2 Å². The number of aryl methyl sites for hydroxylation is 1. The van der Waals surface area contributed by atoms with Crippen LogP contribution in [-0.4, -0.2) is 122 Å². The highest BCUT2D eigenvalue weighted by Gasteiger charge is 2.54. The molecule has 0 saturated carbocycles. The highest BCUT2D eigenvalue weighted by Crippen LogP contribution is 2.41. The predicted octanol–water partition coefficient (Wildman–Crippen LogP) is -0.642. The maximum Gasteiger partial charge on any atom is 0.407 e. The molecule has 2 aliphatic heterocycles. The van der Waals surface area contributed by atoms with Crippen molar-refractivity contribution in [1.82, 2.24) is 45.1 Å². The number of ether oxygens (including phenoxy) is 1. The molecular weight excluding hydrogens is 671 g/mol. The Morgan fingerprint density at radius 1 is 1.24 bits per heavy atom. The smallest absolute Gasteiger partial charge is 0.407 e. The number of nitrogen functional groups attached to an aromatic ring is 1. The van der Waals surface area contributed by atoms with Crippen LogP contribution in [0.2, 0.25) is 0 Å². The summed E-state index contributed by atoms with van der Waals surface area (Å²) < 4.78 is 10.6. The van der Waals surface area contributed by atoms with Gasteiger partial charge in [-0.25, -0.2) is 19.1 Å². The predicted molar refractivity (Wildman–Crippen MR) is 162 cm³/mol. The number of nitrogens with zero attached hydrogens (tertiary/aromatic N) is 8. The Kier molecular flexibility index (Phi) is 11.0. The minimum atomic E-state index is -1.34. The number of aromatic nitrogens is 6. The molecular formula is C23H29N11O9S3. The molecule has 0 aliphatic carbocycles. The van der Waals surface area contributed by atoms with Crippen LogP contribution in [0.15, 0.2) is 21.6 Å². The number of tetrazole rings is 1. The van der Waals surface area contributed by atoms with Crippen LogP contribution in [0.3, 0.4) is 0 Å². The number of carbonyl (C=O) groups is 5. The molecule has 6 N–H and O–H groups in total. The number of nitrogens with one attached hydrogen (secondary N) is 2. The molecule has 0 spiro atoms. The topological polar surface area (TPSA) is 279 Å². The third-order valence-corrected chi connectivity index (χ3v) is 8.76. The molecule has 248 valence electrons. The molecule has 4 rings (SSSR count). The average Bonchev–Trinajstić information content (AvgIpc) is 3.61. The number of fused-ring (bicyclic) bond motifs is 1. The number of oxime groups is 1. The molecule has 4 heterocycles. The van der Waals surface area contributed by atoms with Crippen LogP contribution in [0, 0.1) is 0 Å². The maximum atomic E-state index is 13.1. The van der Waals surface area contributed by atoms with E-state index >= 15 is 0 Å². The van der Waals surface area contributed by atoms with Gasteiger partial charge in [0.15, 0.2) is 5.13 Å². The summed E-state index contributed by atoms with van der Waals surface area (Å²) in [6.07, 6.45) is -0.0416. The normalized spacial score (nSPS) is 18.0. The Bertz CT molecular complexity index is 1570. The highest BCUT2D eigenvalue weighted by molar-refractivity contribution is 8.01. The molecule has 2 aliphatic rings. The molecule has 20 nitrogen and oxygen atoms in total. The van der Waals surface area contributed by atoms with E-state index in [0.717, 1.165) is 16.4 Å². The van der Waals surface area contributed by atoms with Crippen molar-refractivity contribution in [3.05, 3.63) is 17.1 Å². The second-order valence-electron chi connectivity index (χ2n) is 10.4.